The molecule has 1 aromatic heterocycles. The van der Waals surface area contributed by atoms with Crippen molar-refractivity contribution in [3.63, 3.8) is 0 Å². The Kier molecular flexibility index (Phi) is 5.21. The molecule has 19 heavy (non-hydrogen) atoms. The van der Waals surface area contributed by atoms with E-state index >= 15 is 0 Å². The van der Waals surface area contributed by atoms with Gasteiger partial charge in [0.2, 0.25) is 0 Å². The van der Waals surface area contributed by atoms with Crippen LogP contribution < -0.4 is 0 Å². The van der Waals surface area contributed by atoms with Crippen molar-refractivity contribution in [2.75, 3.05) is 0 Å². The molecule has 0 spiro atoms. The molecule has 2 nitrogen and oxygen atoms in total. The Morgan fingerprint density at radius 2 is 2.05 bits per heavy atom. The van der Waals surface area contributed by atoms with E-state index in [9.17, 15) is 0 Å². The van der Waals surface area contributed by atoms with Crippen LogP contribution in [0.25, 0.3) is 0 Å². The van der Waals surface area contributed by atoms with Crippen molar-refractivity contribution in [1.29, 1.82) is 0 Å². The molecule has 1 aromatic carbocycles. The molecule has 0 radical (unpaired) electrons. The average molecular weight is 432 g/mol. The minimum absolute atomic E-state index is 0.598. The fourth-order valence-electron chi connectivity index (χ4n) is 1.69. The molecule has 0 saturated carbocycles. The third-order valence-electron chi connectivity index (χ3n) is 3.08. The summed E-state index contributed by atoms with van der Waals surface area (Å²) in [6.07, 6.45) is 2.90. The molecule has 1 atom stereocenters. The molecule has 0 aliphatic heterocycles. The van der Waals surface area contributed by atoms with Gasteiger partial charge in [-0.15, -0.1) is 0 Å². The number of aliphatic imine (C=N–C) groups is 1. The molecule has 0 saturated heterocycles. The Morgan fingerprint density at radius 1 is 1.37 bits per heavy atom. The molecule has 2 aromatic rings. The van der Waals surface area contributed by atoms with Gasteiger partial charge in [-0.25, -0.2) is 0 Å². The van der Waals surface area contributed by atoms with Crippen molar-refractivity contribution in [2.24, 2.45) is 4.99 Å². The molecule has 4 heteroatoms. The van der Waals surface area contributed by atoms with E-state index in [0.717, 1.165) is 26.1 Å². The zero-order valence-electron chi connectivity index (χ0n) is 10.9. The summed E-state index contributed by atoms with van der Waals surface area (Å²) in [6, 6.07) is 10.3. The minimum Gasteiger partial charge on any atom is -0.448 e. The van der Waals surface area contributed by atoms with Crippen LogP contribution in [0.1, 0.15) is 37.5 Å². The van der Waals surface area contributed by atoms with Gasteiger partial charge in [0.1, 0.15) is 5.76 Å². The third-order valence-corrected chi connectivity index (χ3v) is 5.21. The molecule has 0 N–H and O–H groups in total. The lowest BCUT2D eigenvalue weighted by atomic mass is 9.99. The molecular weight excluding hydrogens is 417 g/mol. The van der Waals surface area contributed by atoms with Gasteiger partial charge in [-0.1, -0.05) is 26.0 Å². The lowest BCUT2D eigenvalue weighted by Crippen LogP contribution is -1.89. The van der Waals surface area contributed by atoms with Gasteiger partial charge in [-0.3, -0.25) is 4.99 Å². The summed E-state index contributed by atoms with van der Waals surface area (Å²) in [5, 5.41) is 0. The van der Waals surface area contributed by atoms with Crippen LogP contribution in [-0.4, -0.2) is 6.21 Å². The summed E-state index contributed by atoms with van der Waals surface area (Å²) in [6.45, 7) is 4.44. The monoisotopic (exact) mass is 431 g/mol. The fraction of sp³-hybridized carbons (Fsp3) is 0.267. The standard InChI is InChI=1S/C15H15BrINO/c1-3-10(2)11-4-6-12(7-5-11)18-9-13-8-14(16)15(17)19-13/h4-10H,3H2,1-2H3/t10-/m1/s1. The first kappa shape index (κ1) is 14.8. The van der Waals surface area contributed by atoms with E-state index < -0.39 is 0 Å². The van der Waals surface area contributed by atoms with Gasteiger partial charge in [-0.05, 0) is 46.0 Å². The summed E-state index contributed by atoms with van der Waals surface area (Å²) in [7, 11) is 0. The quantitative estimate of drug-likeness (QED) is 0.436. The van der Waals surface area contributed by atoms with Crippen LogP contribution in [0.4, 0.5) is 5.69 Å². The number of rotatable bonds is 4. The van der Waals surface area contributed by atoms with Crippen molar-refractivity contribution >= 4 is 50.4 Å². The number of hydrogen-bond acceptors (Lipinski definition) is 2. The molecular formula is C15H15BrINO. The van der Waals surface area contributed by atoms with Gasteiger partial charge in [-0.2, -0.15) is 0 Å². The first-order chi connectivity index (χ1) is 9.10. The summed E-state index contributed by atoms with van der Waals surface area (Å²) < 4.78 is 7.30. The number of furan rings is 1. The topological polar surface area (TPSA) is 25.5 Å². The third kappa shape index (κ3) is 3.92. The zero-order valence-corrected chi connectivity index (χ0v) is 14.6. The van der Waals surface area contributed by atoms with Gasteiger partial charge in [0.05, 0.1) is 16.4 Å². The van der Waals surface area contributed by atoms with Crippen LogP contribution in [0.5, 0.6) is 0 Å². The van der Waals surface area contributed by atoms with Crippen LogP contribution >= 0.6 is 38.5 Å². The number of nitrogens with zero attached hydrogens (tertiary/aromatic N) is 1. The highest BCUT2D eigenvalue weighted by Gasteiger charge is 2.04. The van der Waals surface area contributed by atoms with Crippen LogP contribution in [-0.2, 0) is 0 Å². The Bertz CT molecular complexity index is 555. The summed E-state index contributed by atoms with van der Waals surface area (Å²) in [4.78, 5) is 4.41. The lowest BCUT2D eigenvalue weighted by molar-refractivity contribution is 0.530. The number of halogens is 2. The molecule has 0 bridgehead atoms. The minimum atomic E-state index is 0.598. The maximum Gasteiger partial charge on any atom is 0.178 e. The molecule has 1 heterocycles. The van der Waals surface area contributed by atoms with Gasteiger partial charge < -0.3 is 4.42 Å². The summed E-state index contributed by atoms with van der Waals surface area (Å²) in [5.41, 5.74) is 2.30. The summed E-state index contributed by atoms with van der Waals surface area (Å²) in [5.74, 6) is 1.35. The molecule has 0 aliphatic carbocycles. The van der Waals surface area contributed by atoms with Crippen molar-refractivity contribution in [2.45, 2.75) is 26.2 Å². The Hall–Kier alpha value is -0.620. The predicted octanol–water partition coefficient (Wildman–Crippen LogP) is 5.91. The van der Waals surface area contributed by atoms with Crippen molar-refractivity contribution in [3.8, 4) is 0 Å². The van der Waals surface area contributed by atoms with Crippen molar-refractivity contribution < 1.29 is 4.42 Å². The Balaban J connectivity index is 2.11. The highest BCUT2D eigenvalue weighted by atomic mass is 127. The van der Waals surface area contributed by atoms with Gasteiger partial charge >= 0.3 is 0 Å². The second kappa shape index (κ2) is 6.70. The largest absolute Gasteiger partial charge is 0.448 e. The van der Waals surface area contributed by atoms with Crippen LogP contribution in [0, 0.1) is 3.77 Å². The van der Waals surface area contributed by atoms with E-state index in [1.54, 1.807) is 6.21 Å². The maximum absolute atomic E-state index is 5.51. The Morgan fingerprint density at radius 3 is 2.58 bits per heavy atom. The summed E-state index contributed by atoms with van der Waals surface area (Å²) >= 11 is 5.55. The van der Waals surface area contributed by atoms with E-state index in [0.29, 0.717) is 5.92 Å². The lowest BCUT2D eigenvalue weighted by Gasteiger charge is -2.08. The second-order valence-corrected chi connectivity index (χ2v) is 6.26. The molecule has 0 aliphatic rings. The van der Waals surface area contributed by atoms with E-state index in [2.05, 4.69) is 69.5 Å². The molecule has 0 unspecified atom stereocenters. The van der Waals surface area contributed by atoms with Gasteiger partial charge in [0.25, 0.3) is 0 Å². The average Bonchev–Trinajstić information content (AvgIpc) is 2.75. The molecule has 100 valence electrons. The SMILES string of the molecule is CC[C@@H](C)c1ccc(N=Cc2cc(Br)c(I)o2)cc1. The van der Waals surface area contributed by atoms with Crippen molar-refractivity contribution in [1.82, 2.24) is 0 Å². The second-order valence-electron chi connectivity index (χ2n) is 4.43. The Labute approximate surface area is 135 Å². The van der Waals surface area contributed by atoms with Crippen LogP contribution in [0.3, 0.4) is 0 Å². The highest BCUT2D eigenvalue weighted by molar-refractivity contribution is 14.1. The first-order valence-corrected chi connectivity index (χ1v) is 8.06. The van der Waals surface area contributed by atoms with Gasteiger partial charge in [0.15, 0.2) is 3.77 Å². The first-order valence-electron chi connectivity index (χ1n) is 6.19. The normalized spacial score (nSPS) is 13.1. The van der Waals surface area contributed by atoms with Crippen molar-refractivity contribution in [3.05, 3.63) is 49.9 Å². The highest BCUT2D eigenvalue weighted by Crippen LogP contribution is 2.24. The maximum atomic E-state index is 5.51. The number of benzene rings is 1. The predicted molar refractivity (Wildman–Crippen MR) is 91.5 cm³/mol. The van der Waals surface area contributed by atoms with E-state index in [1.165, 1.54) is 5.56 Å². The fourth-order valence-corrected chi connectivity index (χ4v) is 2.41. The smallest absolute Gasteiger partial charge is 0.178 e. The van der Waals surface area contributed by atoms with Crippen LogP contribution in [0.2, 0.25) is 0 Å². The van der Waals surface area contributed by atoms with Gasteiger partial charge in [0, 0.05) is 28.7 Å². The molecule has 2 rings (SSSR count). The van der Waals surface area contributed by atoms with E-state index in [-0.39, 0.29) is 0 Å². The zero-order chi connectivity index (χ0) is 13.8. The van der Waals surface area contributed by atoms with Crippen LogP contribution in [0.15, 0.2) is 44.2 Å². The van der Waals surface area contributed by atoms with E-state index in [1.807, 2.05) is 18.2 Å². The molecule has 0 fully saturated rings. The molecule has 0 amide bonds. The number of hydrogen-bond donors (Lipinski definition) is 0. The van der Waals surface area contributed by atoms with E-state index in [4.69, 9.17) is 4.42 Å².